The van der Waals surface area contributed by atoms with Gasteiger partial charge in [0.25, 0.3) is 0 Å². The van der Waals surface area contributed by atoms with Crippen molar-refractivity contribution in [2.75, 3.05) is 12.8 Å². The highest BCUT2D eigenvalue weighted by Crippen LogP contribution is 2.32. The average molecular weight is 224 g/mol. The molecule has 0 aromatic heterocycles. The van der Waals surface area contributed by atoms with Crippen molar-refractivity contribution in [2.45, 2.75) is 6.92 Å². The number of methoxy groups -OCH3 is 1. The second kappa shape index (κ2) is 4.89. The van der Waals surface area contributed by atoms with Crippen LogP contribution in [0, 0.1) is 6.92 Å². The number of anilines is 1. The lowest BCUT2D eigenvalue weighted by atomic mass is 10.1. The molecule has 0 aliphatic rings. The molecule has 80 valence electrons. The molecule has 15 heavy (non-hydrogen) atoms. The zero-order valence-corrected chi connectivity index (χ0v) is 9.64. The van der Waals surface area contributed by atoms with E-state index in [1.807, 2.05) is 19.1 Å². The fraction of sp³-hybridized carbons (Fsp3) is 0.167. The van der Waals surface area contributed by atoms with Crippen LogP contribution in [0.15, 0.2) is 30.9 Å². The van der Waals surface area contributed by atoms with E-state index in [1.165, 1.54) is 0 Å². The smallest absolute Gasteiger partial charge is 0.123 e. The van der Waals surface area contributed by atoms with Crippen LogP contribution in [0.1, 0.15) is 11.1 Å². The normalized spacial score (nSPS) is 11.3. The first-order chi connectivity index (χ1) is 7.11. The molecule has 0 aliphatic carbocycles. The van der Waals surface area contributed by atoms with Gasteiger partial charge in [-0.2, -0.15) is 0 Å². The minimum absolute atomic E-state index is 0.577. The Labute approximate surface area is 95.0 Å². The maximum Gasteiger partial charge on any atom is 0.123 e. The molecule has 0 unspecified atom stereocenters. The van der Waals surface area contributed by atoms with Crippen LogP contribution < -0.4 is 10.5 Å². The van der Waals surface area contributed by atoms with E-state index >= 15 is 0 Å². The van der Waals surface area contributed by atoms with Crippen molar-refractivity contribution >= 4 is 22.3 Å². The Kier molecular flexibility index (Phi) is 3.81. The van der Waals surface area contributed by atoms with Crippen LogP contribution >= 0.6 is 11.6 Å². The van der Waals surface area contributed by atoms with Crippen molar-refractivity contribution in [2.24, 2.45) is 0 Å². The van der Waals surface area contributed by atoms with Crippen LogP contribution in [-0.4, -0.2) is 7.11 Å². The summed E-state index contributed by atoms with van der Waals surface area (Å²) in [5, 5.41) is 0.577. The summed E-state index contributed by atoms with van der Waals surface area (Å²) in [6.07, 6.45) is 3.33. The molecule has 0 saturated heterocycles. The van der Waals surface area contributed by atoms with Crippen molar-refractivity contribution < 1.29 is 4.74 Å². The summed E-state index contributed by atoms with van der Waals surface area (Å²) in [6.45, 7) is 5.48. The summed E-state index contributed by atoms with van der Waals surface area (Å²) in [5.74, 6) is 0.763. The maximum absolute atomic E-state index is 6.05. The standard InChI is InChI=1S/C12H14ClNO/c1-4-5-10(13)9-6-7-11(15-3)8(2)12(9)14/h4-7H,1,14H2,2-3H3/b10-5+. The second-order valence-electron chi connectivity index (χ2n) is 3.10. The summed E-state index contributed by atoms with van der Waals surface area (Å²) in [7, 11) is 1.61. The van der Waals surface area contributed by atoms with E-state index in [0.29, 0.717) is 10.7 Å². The lowest BCUT2D eigenvalue weighted by Gasteiger charge is -2.11. The zero-order chi connectivity index (χ0) is 11.4. The SMILES string of the molecule is C=C/C=C(/Cl)c1ccc(OC)c(C)c1N. The van der Waals surface area contributed by atoms with Crippen molar-refractivity contribution in [3.05, 3.63) is 42.0 Å². The Morgan fingerprint density at radius 2 is 2.20 bits per heavy atom. The van der Waals surface area contributed by atoms with E-state index in [9.17, 15) is 0 Å². The lowest BCUT2D eigenvalue weighted by Crippen LogP contribution is -1.97. The Morgan fingerprint density at radius 1 is 1.53 bits per heavy atom. The summed E-state index contributed by atoms with van der Waals surface area (Å²) in [6, 6.07) is 3.68. The molecule has 0 spiro atoms. The van der Waals surface area contributed by atoms with Gasteiger partial charge in [-0.1, -0.05) is 24.3 Å². The third-order valence-electron chi connectivity index (χ3n) is 2.21. The molecule has 2 nitrogen and oxygen atoms in total. The Balaban J connectivity index is 3.29. The van der Waals surface area contributed by atoms with Gasteiger partial charge in [-0.05, 0) is 25.1 Å². The Hall–Kier alpha value is -1.41. The largest absolute Gasteiger partial charge is 0.496 e. The van der Waals surface area contributed by atoms with Gasteiger partial charge in [-0.3, -0.25) is 0 Å². The molecule has 0 radical (unpaired) electrons. The van der Waals surface area contributed by atoms with Gasteiger partial charge >= 0.3 is 0 Å². The molecular weight excluding hydrogens is 210 g/mol. The van der Waals surface area contributed by atoms with Gasteiger partial charge in [0, 0.05) is 21.8 Å². The molecule has 0 fully saturated rings. The summed E-state index contributed by atoms with van der Waals surface area (Å²) in [4.78, 5) is 0. The molecule has 0 heterocycles. The number of ether oxygens (including phenoxy) is 1. The molecule has 0 aliphatic heterocycles. The van der Waals surface area contributed by atoms with Gasteiger partial charge in [0.2, 0.25) is 0 Å². The van der Waals surface area contributed by atoms with Crippen LogP contribution in [0.4, 0.5) is 5.69 Å². The third kappa shape index (κ3) is 2.34. The highest BCUT2D eigenvalue weighted by atomic mass is 35.5. The topological polar surface area (TPSA) is 35.2 Å². The first kappa shape index (κ1) is 11.7. The van der Waals surface area contributed by atoms with Gasteiger partial charge in [0.1, 0.15) is 5.75 Å². The maximum atomic E-state index is 6.05. The van der Waals surface area contributed by atoms with Crippen molar-refractivity contribution in [3.8, 4) is 5.75 Å². The van der Waals surface area contributed by atoms with E-state index in [2.05, 4.69) is 6.58 Å². The monoisotopic (exact) mass is 223 g/mol. The number of rotatable bonds is 3. The van der Waals surface area contributed by atoms with Crippen LogP contribution in [0.2, 0.25) is 0 Å². The number of halogens is 1. The fourth-order valence-electron chi connectivity index (χ4n) is 1.33. The molecule has 0 atom stereocenters. The van der Waals surface area contributed by atoms with Gasteiger partial charge < -0.3 is 10.5 Å². The Morgan fingerprint density at radius 3 is 2.73 bits per heavy atom. The van der Waals surface area contributed by atoms with Gasteiger partial charge in [-0.15, -0.1) is 0 Å². The van der Waals surface area contributed by atoms with E-state index in [-0.39, 0.29) is 0 Å². The van der Waals surface area contributed by atoms with E-state index in [0.717, 1.165) is 16.9 Å². The summed E-state index contributed by atoms with van der Waals surface area (Å²) in [5.41, 5.74) is 8.28. The minimum atomic E-state index is 0.577. The number of allylic oxidation sites excluding steroid dienone is 2. The van der Waals surface area contributed by atoms with Crippen LogP contribution in [0.25, 0.3) is 5.03 Å². The first-order valence-corrected chi connectivity index (χ1v) is 4.91. The number of hydrogen-bond acceptors (Lipinski definition) is 2. The van der Waals surface area contributed by atoms with Crippen molar-refractivity contribution in [3.63, 3.8) is 0 Å². The lowest BCUT2D eigenvalue weighted by molar-refractivity contribution is 0.412. The predicted octanol–water partition coefficient (Wildman–Crippen LogP) is 3.35. The second-order valence-corrected chi connectivity index (χ2v) is 3.51. The van der Waals surface area contributed by atoms with Crippen LogP contribution in [0.3, 0.4) is 0 Å². The molecule has 3 heteroatoms. The van der Waals surface area contributed by atoms with Crippen LogP contribution in [0.5, 0.6) is 5.75 Å². The Bertz CT molecular complexity index is 410. The summed E-state index contributed by atoms with van der Waals surface area (Å²) >= 11 is 6.05. The molecule has 0 amide bonds. The first-order valence-electron chi connectivity index (χ1n) is 4.53. The number of nitrogens with two attached hydrogens (primary N) is 1. The van der Waals surface area contributed by atoms with Crippen molar-refractivity contribution in [1.29, 1.82) is 0 Å². The summed E-state index contributed by atoms with van der Waals surface area (Å²) < 4.78 is 5.16. The number of hydrogen-bond donors (Lipinski definition) is 1. The molecule has 1 rings (SSSR count). The molecule has 0 bridgehead atoms. The molecule has 1 aromatic rings. The number of benzene rings is 1. The highest BCUT2D eigenvalue weighted by Gasteiger charge is 2.09. The zero-order valence-electron chi connectivity index (χ0n) is 8.88. The molecule has 2 N–H and O–H groups in total. The van der Waals surface area contributed by atoms with Crippen LogP contribution in [-0.2, 0) is 0 Å². The molecule has 1 aromatic carbocycles. The highest BCUT2D eigenvalue weighted by molar-refractivity contribution is 6.49. The van der Waals surface area contributed by atoms with Crippen molar-refractivity contribution in [1.82, 2.24) is 0 Å². The minimum Gasteiger partial charge on any atom is -0.496 e. The van der Waals surface area contributed by atoms with Gasteiger partial charge in [0.05, 0.1) is 7.11 Å². The van der Waals surface area contributed by atoms with Gasteiger partial charge in [0.15, 0.2) is 0 Å². The fourth-order valence-corrected chi connectivity index (χ4v) is 1.59. The van der Waals surface area contributed by atoms with E-state index in [1.54, 1.807) is 19.3 Å². The number of nitrogen functional groups attached to an aromatic ring is 1. The average Bonchev–Trinajstić information content (AvgIpc) is 2.22. The third-order valence-corrected chi connectivity index (χ3v) is 2.54. The van der Waals surface area contributed by atoms with Gasteiger partial charge in [-0.25, -0.2) is 0 Å². The predicted molar refractivity (Wildman–Crippen MR) is 66.2 cm³/mol. The molecule has 0 saturated carbocycles. The van der Waals surface area contributed by atoms with E-state index < -0.39 is 0 Å². The van der Waals surface area contributed by atoms with E-state index in [4.69, 9.17) is 22.1 Å². The molecular formula is C12H14ClNO. The quantitative estimate of drug-likeness (QED) is 0.630.